The zero-order chi connectivity index (χ0) is 21.5. The molecule has 0 unspecified atom stereocenters. The summed E-state index contributed by atoms with van der Waals surface area (Å²) >= 11 is 7.37. The Hall–Kier alpha value is -2.71. The van der Waals surface area contributed by atoms with Gasteiger partial charge in [-0.25, -0.2) is 5.01 Å². The number of amides is 2. The lowest BCUT2D eigenvalue weighted by Gasteiger charge is -2.21. The van der Waals surface area contributed by atoms with Crippen molar-refractivity contribution in [1.29, 1.82) is 0 Å². The molecule has 2 aromatic carbocycles. The fraction of sp³-hybridized carbons (Fsp3) is 0.286. The van der Waals surface area contributed by atoms with Crippen LogP contribution in [0.25, 0.3) is 0 Å². The molecule has 1 atom stereocenters. The van der Waals surface area contributed by atoms with Crippen LogP contribution in [0.15, 0.2) is 53.6 Å². The molecule has 1 aliphatic rings. The van der Waals surface area contributed by atoms with E-state index in [2.05, 4.69) is 10.4 Å². The Morgan fingerprint density at radius 2 is 1.70 bits per heavy atom. The zero-order valence-electron chi connectivity index (χ0n) is 16.6. The van der Waals surface area contributed by atoms with Crippen molar-refractivity contribution in [3.63, 3.8) is 0 Å². The first kappa shape index (κ1) is 22.0. The Kier molecular flexibility index (Phi) is 7.59. The smallest absolute Gasteiger partial charge is 0.241 e. The number of hydrogen-bond acceptors (Lipinski definition) is 6. The molecule has 0 saturated heterocycles. The van der Waals surface area contributed by atoms with Crippen molar-refractivity contribution < 1.29 is 19.1 Å². The number of amidine groups is 1. The summed E-state index contributed by atoms with van der Waals surface area (Å²) in [6.45, 7) is 3.72. The lowest BCUT2D eigenvalue weighted by molar-refractivity contribution is -0.129. The maximum Gasteiger partial charge on any atom is 0.241 e. The van der Waals surface area contributed by atoms with Crippen LogP contribution in [-0.2, 0) is 9.59 Å². The van der Waals surface area contributed by atoms with E-state index in [4.69, 9.17) is 21.1 Å². The van der Waals surface area contributed by atoms with Crippen LogP contribution in [0.1, 0.15) is 31.2 Å². The number of carbonyl (C=O) groups excluding carboxylic acids is 2. The van der Waals surface area contributed by atoms with Gasteiger partial charge in [0.25, 0.3) is 0 Å². The molecule has 0 fully saturated rings. The molecule has 0 aromatic heterocycles. The number of hydrazone groups is 1. The highest BCUT2D eigenvalue weighted by Gasteiger charge is 2.34. The molecule has 3 rings (SSSR count). The summed E-state index contributed by atoms with van der Waals surface area (Å²) in [6.07, 6.45) is 0.654. The Morgan fingerprint density at radius 1 is 1.07 bits per heavy atom. The van der Waals surface area contributed by atoms with E-state index in [1.54, 1.807) is 6.07 Å². The predicted octanol–water partition coefficient (Wildman–Crippen LogP) is 4.19. The SMILES string of the molecule is CC(=O)NC1=NN(C(C)=O)[C@@H](c2ccccc2OCCCOc2ccccc2Cl)S1. The molecule has 30 heavy (non-hydrogen) atoms. The Bertz CT molecular complexity index is 953. The predicted molar refractivity (Wildman–Crippen MR) is 118 cm³/mol. The molecule has 0 saturated carbocycles. The van der Waals surface area contributed by atoms with Crippen LogP contribution in [-0.4, -0.2) is 35.2 Å². The first-order valence-electron chi connectivity index (χ1n) is 9.37. The summed E-state index contributed by atoms with van der Waals surface area (Å²) in [5.74, 6) is 0.823. The molecular weight excluding hydrogens is 426 g/mol. The molecule has 2 aromatic rings. The molecule has 0 spiro atoms. The zero-order valence-corrected chi connectivity index (χ0v) is 18.2. The molecule has 0 aliphatic carbocycles. The van der Waals surface area contributed by atoms with Gasteiger partial charge in [-0.3, -0.25) is 9.59 Å². The van der Waals surface area contributed by atoms with E-state index in [9.17, 15) is 9.59 Å². The van der Waals surface area contributed by atoms with Crippen molar-refractivity contribution in [3.8, 4) is 11.5 Å². The number of ether oxygens (including phenoxy) is 2. The topological polar surface area (TPSA) is 80.2 Å². The quantitative estimate of drug-likeness (QED) is 0.644. The van der Waals surface area contributed by atoms with E-state index < -0.39 is 5.37 Å². The van der Waals surface area contributed by atoms with E-state index in [-0.39, 0.29) is 11.8 Å². The number of hydrogen-bond donors (Lipinski definition) is 1. The molecule has 9 heteroatoms. The maximum atomic E-state index is 12.1. The second kappa shape index (κ2) is 10.4. The van der Waals surface area contributed by atoms with Gasteiger partial charge in [-0.1, -0.05) is 53.7 Å². The van der Waals surface area contributed by atoms with E-state index in [1.807, 2.05) is 42.5 Å². The van der Waals surface area contributed by atoms with Gasteiger partial charge in [0, 0.05) is 25.8 Å². The number of benzene rings is 2. The third-order valence-corrected chi connectivity index (χ3v) is 5.47. The lowest BCUT2D eigenvalue weighted by atomic mass is 10.2. The number of thioether (sulfide) groups is 1. The summed E-state index contributed by atoms with van der Waals surface area (Å²) in [4.78, 5) is 23.4. The van der Waals surface area contributed by atoms with Gasteiger partial charge in [0.2, 0.25) is 11.8 Å². The third-order valence-electron chi connectivity index (χ3n) is 4.08. The standard InChI is InChI=1S/C21H22ClN3O4S/c1-14(26)23-21-24-25(15(2)27)20(30-21)16-8-3-5-10-18(16)28-12-7-13-29-19-11-6-4-9-17(19)22/h3-6,8-11,20H,7,12-13H2,1-2H3,(H,23,24,26)/t20-/m1/s1. The number of para-hydroxylation sites is 2. The van der Waals surface area contributed by atoms with E-state index in [1.165, 1.54) is 30.6 Å². The monoisotopic (exact) mass is 447 g/mol. The van der Waals surface area contributed by atoms with Gasteiger partial charge in [-0.2, -0.15) is 0 Å². The second-order valence-electron chi connectivity index (χ2n) is 6.44. The largest absolute Gasteiger partial charge is 0.493 e. The highest BCUT2D eigenvalue weighted by Crippen LogP contribution is 2.42. The Balaban J connectivity index is 1.61. The van der Waals surface area contributed by atoms with Crippen molar-refractivity contribution in [1.82, 2.24) is 10.3 Å². The van der Waals surface area contributed by atoms with Crippen LogP contribution >= 0.6 is 23.4 Å². The Labute approximate surface area is 184 Å². The number of nitrogens with zero attached hydrogens (tertiary/aromatic N) is 2. The molecule has 1 heterocycles. The van der Waals surface area contributed by atoms with Gasteiger partial charge in [0.05, 0.1) is 18.2 Å². The van der Waals surface area contributed by atoms with Crippen molar-refractivity contribution >= 4 is 40.3 Å². The van der Waals surface area contributed by atoms with Crippen LogP contribution in [0.5, 0.6) is 11.5 Å². The average molecular weight is 448 g/mol. The molecule has 1 aliphatic heterocycles. The molecule has 1 N–H and O–H groups in total. The highest BCUT2D eigenvalue weighted by atomic mass is 35.5. The molecular formula is C21H22ClN3O4S. The Morgan fingerprint density at radius 3 is 2.37 bits per heavy atom. The van der Waals surface area contributed by atoms with Crippen LogP contribution in [0.2, 0.25) is 5.02 Å². The number of nitrogens with one attached hydrogen (secondary N) is 1. The minimum Gasteiger partial charge on any atom is -0.493 e. The van der Waals surface area contributed by atoms with Crippen LogP contribution in [0.4, 0.5) is 0 Å². The van der Waals surface area contributed by atoms with Gasteiger partial charge in [0.15, 0.2) is 5.17 Å². The average Bonchev–Trinajstić information content (AvgIpc) is 3.12. The fourth-order valence-electron chi connectivity index (χ4n) is 2.77. The maximum absolute atomic E-state index is 12.1. The van der Waals surface area contributed by atoms with Gasteiger partial charge < -0.3 is 14.8 Å². The molecule has 0 radical (unpaired) electrons. The highest BCUT2D eigenvalue weighted by molar-refractivity contribution is 8.14. The first-order valence-corrected chi connectivity index (χ1v) is 10.6. The van der Waals surface area contributed by atoms with Gasteiger partial charge in [-0.05, 0) is 18.2 Å². The van der Waals surface area contributed by atoms with Crippen LogP contribution in [0, 0.1) is 0 Å². The van der Waals surface area contributed by atoms with Crippen molar-refractivity contribution in [3.05, 3.63) is 59.1 Å². The molecule has 2 amide bonds. The summed E-state index contributed by atoms with van der Waals surface area (Å²) in [6, 6.07) is 14.8. The van der Waals surface area contributed by atoms with Gasteiger partial charge in [0.1, 0.15) is 16.9 Å². The van der Waals surface area contributed by atoms with Crippen LogP contribution in [0.3, 0.4) is 0 Å². The third kappa shape index (κ3) is 5.67. The van der Waals surface area contributed by atoms with Crippen LogP contribution < -0.4 is 14.8 Å². The second-order valence-corrected chi connectivity index (χ2v) is 7.91. The summed E-state index contributed by atoms with van der Waals surface area (Å²) in [5, 5.41) is 8.74. The fourth-order valence-corrected chi connectivity index (χ4v) is 4.12. The normalized spacial score (nSPS) is 15.5. The molecule has 158 valence electrons. The minimum absolute atomic E-state index is 0.226. The number of rotatable bonds is 7. The van der Waals surface area contributed by atoms with E-state index in [0.717, 1.165) is 5.56 Å². The van der Waals surface area contributed by atoms with Gasteiger partial charge >= 0.3 is 0 Å². The van der Waals surface area contributed by atoms with E-state index in [0.29, 0.717) is 41.3 Å². The molecule has 0 bridgehead atoms. The van der Waals surface area contributed by atoms with Crippen molar-refractivity contribution in [2.75, 3.05) is 13.2 Å². The summed E-state index contributed by atoms with van der Waals surface area (Å²) < 4.78 is 11.6. The van der Waals surface area contributed by atoms with Gasteiger partial charge in [-0.15, -0.1) is 5.10 Å². The van der Waals surface area contributed by atoms with Crippen molar-refractivity contribution in [2.45, 2.75) is 25.6 Å². The summed E-state index contributed by atoms with van der Waals surface area (Å²) in [5.41, 5.74) is 0.800. The molecule has 7 nitrogen and oxygen atoms in total. The number of halogens is 1. The van der Waals surface area contributed by atoms with E-state index >= 15 is 0 Å². The number of carbonyl (C=O) groups is 2. The minimum atomic E-state index is -0.417. The summed E-state index contributed by atoms with van der Waals surface area (Å²) in [7, 11) is 0. The first-order chi connectivity index (χ1) is 14.5. The lowest BCUT2D eigenvalue weighted by Crippen LogP contribution is -2.25. The van der Waals surface area contributed by atoms with Crippen molar-refractivity contribution in [2.24, 2.45) is 5.10 Å².